The molecule has 6 heteroatoms. The summed E-state index contributed by atoms with van der Waals surface area (Å²) in [6.45, 7) is 3.56. The Balaban J connectivity index is -0.00000312. The molecule has 1 atom stereocenters. The first-order chi connectivity index (χ1) is 12.7. The molecule has 4 nitrogen and oxygen atoms in total. The van der Waals surface area contributed by atoms with E-state index in [9.17, 15) is 4.79 Å². The zero-order valence-electron chi connectivity index (χ0n) is 18.2. The van der Waals surface area contributed by atoms with E-state index in [2.05, 4.69) is 30.5 Å². The lowest BCUT2D eigenvalue weighted by atomic mass is 10.1. The number of unbranched alkanes of at least 4 members (excludes halogenated alkanes) is 11. The lowest BCUT2D eigenvalue weighted by molar-refractivity contribution is -0.494. The van der Waals surface area contributed by atoms with Crippen molar-refractivity contribution in [3.05, 3.63) is 12.2 Å². The standard InChI is InChI=1S/C22H44N2O2.2ClH/c1-2-3-4-5-6-7-8-9-10-11-12-13-14-15-16-17-22(25)26-19-18-21(24)20-23;;/h9-10,21H,2-8,11-20,23-24H2,1H3;2*1H/b10-9-;;. The molecule has 0 aromatic carbocycles. The van der Waals surface area contributed by atoms with Gasteiger partial charge in [0.25, 0.3) is 0 Å². The fourth-order valence-corrected chi connectivity index (χ4v) is 2.90. The maximum absolute atomic E-state index is 11.6. The number of quaternary nitrogens is 2. The van der Waals surface area contributed by atoms with E-state index in [0.717, 1.165) is 25.8 Å². The van der Waals surface area contributed by atoms with E-state index in [1.807, 2.05) is 0 Å². The van der Waals surface area contributed by atoms with Gasteiger partial charge < -0.3 is 41.0 Å². The Morgan fingerprint density at radius 1 is 0.857 bits per heavy atom. The molecule has 0 heterocycles. The van der Waals surface area contributed by atoms with Crippen molar-refractivity contribution in [2.24, 2.45) is 0 Å². The molecule has 170 valence electrons. The molecule has 0 saturated heterocycles. The molecule has 0 aliphatic rings. The van der Waals surface area contributed by atoms with Crippen LogP contribution in [-0.4, -0.2) is 25.2 Å². The van der Waals surface area contributed by atoms with Gasteiger partial charge in [0.05, 0.1) is 6.61 Å². The maximum Gasteiger partial charge on any atom is 0.305 e. The second-order valence-corrected chi connectivity index (χ2v) is 7.50. The first kappa shape index (κ1) is 32.4. The molecule has 0 aliphatic carbocycles. The molecular weight excluding hydrogens is 395 g/mol. The van der Waals surface area contributed by atoms with Crippen molar-refractivity contribution in [1.29, 1.82) is 0 Å². The molecule has 0 saturated carbocycles. The molecule has 0 aromatic heterocycles. The third-order valence-electron chi connectivity index (χ3n) is 4.84. The minimum atomic E-state index is -0.0566. The summed E-state index contributed by atoms with van der Waals surface area (Å²) in [5.41, 5.74) is 7.74. The molecule has 0 bridgehead atoms. The largest absolute Gasteiger partial charge is 1.00 e. The van der Waals surface area contributed by atoms with Crippen molar-refractivity contribution in [3.8, 4) is 0 Å². The van der Waals surface area contributed by atoms with Crippen molar-refractivity contribution in [2.45, 2.75) is 109 Å². The summed E-state index contributed by atoms with van der Waals surface area (Å²) in [5, 5.41) is 0. The molecule has 6 N–H and O–H groups in total. The SMILES string of the molecule is CCCCCCCC/C=C\CCCCCCCC(=O)OCCC([NH3+])C[NH3+].[Cl-].[Cl-]. The quantitative estimate of drug-likeness (QED) is 0.136. The second-order valence-electron chi connectivity index (χ2n) is 7.50. The third-order valence-corrected chi connectivity index (χ3v) is 4.84. The van der Waals surface area contributed by atoms with Gasteiger partial charge in [0.2, 0.25) is 0 Å². The van der Waals surface area contributed by atoms with E-state index in [0.29, 0.717) is 19.1 Å². The number of halogens is 2. The van der Waals surface area contributed by atoms with E-state index in [-0.39, 0.29) is 30.8 Å². The molecule has 0 spiro atoms. The van der Waals surface area contributed by atoms with Crippen molar-refractivity contribution in [1.82, 2.24) is 0 Å². The number of hydrogen-bond donors (Lipinski definition) is 2. The van der Waals surface area contributed by atoms with Gasteiger partial charge in [-0.15, -0.1) is 0 Å². The normalized spacial score (nSPS) is 11.7. The minimum Gasteiger partial charge on any atom is -1.00 e. The van der Waals surface area contributed by atoms with Gasteiger partial charge in [-0.25, -0.2) is 0 Å². The third kappa shape index (κ3) is 25.7. The predicted molar refractivity (Wildman–Crippen MR) is 109 cm³/mol. The summed E-state index contributed by atoms with van der Waals surface area (Å²) in [5.74, 6) is -0.0566. The van der Waals surface area contributed by atoms with E-state index in [1.54, 1.807) is 0 Å². The van der Waals surface area contributed by atoms with Gasteiger partial charge in [-0.1, -0.05) is 70.4 Å². The highest BCUT2D eigenvalue weighted by Crippen LogP contribution is 2.10. The van der Waals surface area contributed by atoms with E-state index in [1.165, 1.54) is 70.6 Å². The highest BCUT2D eigenvalue weighted by Gasteiger charge is 2.07. The van der Waals surface area contributed by atoms with Crippen molar-refractivity contribution < 1.29 is 45.8 Å². The van der Waals surface area contributed by atoms with Crippen LogP contribution < -0.4 is 36.3 Å². The molecule has 0 aliphatic heterocycles. The van der Waals surface area contributed by atoms with Crippen LogP contribution in [0.25, 0.3) is 0 Å². The number of allylic oxidation sites excluding steroid dienone is 2. The average Bonchev–Trinajstić information content (AvgIpc) is 2.64. The number of hydrogen-bond acceptors (Lipinski definition) is 2. The van der Waals surface area contributed by atoms with Gasteiger partial charge in [-0.05, 0) is 32.1 Å². The minimum absolute atomic E-state index is 0. The summed E-state index contributed by atoms with van der Waals surface area (Å²) in [7, 11) is 0. The molecular formula is C22H46Cl2N2O2. The first-order valence-electron chi connectivity index (χ1n) is 11.1. The van der Waals surface area contributed by atoms with Crippen molar-refractivity contribution in [3.63, 3.8) is 0 Å². The van der Waals surface area contributed by atoms with Crippen LogP contribution in [0, 0.1) is 0 Å². The van der Waals surface area contributed by atoms with Crippen LogP contribution in [0.5, 0.6) is 0 Å². The number of rotatable bonds is 19. The second kappa shape index (κ2) is 26.7. The molecule has 1 unspecified atom stereocenters. The summed E-state index contributed by atoms with van der Waals surface area (Å²) in [6.07, 6.45) is 22.7. The van der Waals surface area contributed by atoms with Crippen LogP contribution >= 0.6 is 0 Å². The Morgan fingerprint density at radius 2 is 1.36 bits per heavy atom. The number of carbonyl (C=O) groups is 1. The number of ether oxygens (including phenoxy) is 1. The van der Waals surface area contributed by atoms with E-state index >= 15 is 0 Å². The lowest BCUT2D eigenvalue weighted by Gasteiger charge is -2.06. The maximum atomic E-state index is 11.6. The van der Waals surface area contributed by atoms with Crippen molar-refractivity contribution in [2.75, 3.05) is 13.2 Å². The van der Waals surface area contributed by atoms with Gasteiger partial charge in [0, 0.05) is 12.8 Å². The Bertz CT molecular complexity index is 342. The molecule has 0 rings (SSSR count). The molecule has 0 radical (unpaired) electrons. The number of carbonyl (C=O) groups excluding carboxylic acids is 1. The van der Waals surface area contributed by atoms with Gasteiger partial charge in [0.1, 0.15) is 12.6 Å². The predicted octanol–water partition coefficient (Wildman–Crippen LogP) is -2.18. The number of esters is 1. The zero-order valence-corrected chi connectivity index (χ0v) is 19.8. The highest BCUT2D eigenvalue weighted by molar-refractivity contribution is 5.69. The van der Waals surface area contributed by atoms with Crippen molar-refractivity contribution >= 4 is 5.97 Å². The summed E-state index contributed by atoms with van der Waals surface area (Å²) >= 11 is 0. The van der Waals surface area contributed by atoms with Crippen LogP contribution in [0.15, 0.2) is 12.2 Å². The molecule has 0 fully saturated rings. The Kier molecular flexibility index (Phi) is 30.9. The Morgan fingerprint density at radius 3 is 1.89 bits per heavy atom. The van der Waals surface area contributed by atoms with Crippen LogP contribution in [0.4, 0.5) is 0 Å². The zero-order chi connectivity index (χ0) is 19.3. The van der Waals surface area contributed by atoms with Crippen LogP contribution in [-0.2, 0) is 9.53 Å². The van der Waals surface area contributed by atoms with Crippen LogP contribution in [0.3, 0.4) is 0 Å². The Labute approximate surface area is 186 Å². The van der Waals surface area contributed by atoms with Gasteiger partial charge in [-0.3, -0.25) is 4.79 Å². The van der Waals surface area contributed by atoms with Crippen LogP contribution in [0.1, 0.15) is 103 Å². The summed E-state index contributed by atoms with van der Waals surface area (Å²) in [6, 6.07) is 0.294. The average molecular weight is 442 g/mol. The Hall–Kier alpha value is -0.290. The molecule has 0 amide bonds. The lowest BCUT2D eigenvalue weighted by Crippen LogP contribution is -3.00. The van der Waals surface area contributed by atoms with E-state index in [4.69, 9.17) is 4.74 Å². The fraction of sp³-hybridized carbons (Fsp3) is 0.864. The molecule has 0 aromatic rings. The highest BCUT2D eigenvalue weighted by atomic mass is 35.5. The van der Waals surface area contributed by atoms with Gasteiger partial charge >= 0.3 is 5.97 Å². The monoisotopic (exact) mass is 440 g/mol. The topological polar surface area (TPSA) is 81.6 Å². The van der Waals surface area contributed by atoms with Gasteiger partial charge in [0.15, 0.2) is 0 Å². The summed E-state index contributed by atoms with van der Waals surface area (Å²) < 4.78 is 5.22. The summed E-state index contributed by atoms with van der Waals surface area (Å²) in [4.78, 5) is 11.6. The van der Waals surface area contributed by atoms with Gasteiger partial charge in [-0.2, -0.15) is 0 Å². The molecule has 28 heavy (non-hydrogen) atoms. The first-order valence-corrected chi connectivity index (χ1v) is 11.1. The van der Waals surface area contributed by atoms with Crippen LogP contribution in [0.2, 0.25) is 0 Å². The smallest absolute Gasteiger partial charge is 0.305 e. The van der Waals surface area contributed by atoms with E-state index < -0.39 is 0 Å². The fourth-order valence-electron chi connectivity index (χ4n) is 2.90.